The number of esters is 1. The molecule has 0 fully saturated rings. The molecule has 0 atom stereocenters. The quantitative estimate of drug-likeness (QED) is 0.523. The molecular formula is C18H19N3O4. The summed E-state index contributed by atoms with van der Waals surface area (Å²) in [5, 5.41) is 9.96. The average molecular weight is 341 g/mol. The van der Waals surface area contributed by atoms with Crippen LogP contribution in [0.25, 0.3) is 10.9 Å². The number of benzene rings is 1. The topological polar surface area (TPSA) is 123 Å². The molecule has 4 N–H and O–H groups in total. The number of aromatic amines is 1. The smallest absolute Gasteiger partial charge is 0.343 e. The normalized spacial score (nSPS) is 10.0. The maximum atomic E-state index is 12.0. The van der Waals surface area contributed by atoms with E-state index in [0.29, 0.717) is 11.3 Å². The predicted octanol–water partition coefficient (Wildman–Crippen LogP) is 0.323. The lowest BCUT2D eigenvalue weighted by molar-refractivity contribution is -0.366. The molecule has 0 spiro atoms. The van der Waals surface area contributed by atoms with Crippen molar-refractivity contribution >= 4 is 22.8 Å². The van der Waals surface area contributed by atoms with E-state index >= 15 is 0 Å². The van der Waals surface area contributed by atoms with Gasteiger partial charge in [-0.25, -0.2) is 4.79 Å². The minimum Gasteiger partial charge on any atom is -0.550 e. The molecule has 0 aliphatic heterocycles. The van der Waals surface area contributed by atoms with Gasteiger partial charge < -0.3 is 25.4 Å². The minimum absolute atomic E-state index is 0.383. The number of quaternary nitrogens is 1. The Morgan fingerprint density at radius 1 is 1.24 bits per heavy atom. The zero-order chi connectivity index (χ0) is 18.2. The molecule has 0 aliphatic carbocycles. The van der Waals surface area contributed by atoms with Gasteiger partial charge in [-0.05, 0) is 42.8 Å². The van der Waals surface area contributed by atoms with E-state index in [1.54, 1.807) is 30.6 Å². The fourth-order valence-corrected chi connectivity index (χ4v) is 2.27. The first-order chi connectivity index (χ1) is 12.0. The van der Waals surface area contributed by atoms with Crippen LogP contribution in [0.15, 0.2) is 48.9 Å². The van der Waals surface area contributed by atoms with Crippen LogP contribution in [0.5, 0.6) is 5.75 Å². The van der Waals surface area contributed by atoms with Crippen LogP contribution in [0, 0.1) is 0 Å². The first-order valence-electron chi connectivity index (χ1n) is 7.70. The molecule has 0 saturated carbocycles. The van der Waals surface area contributed by atoms with Gasteiger partial charge in [-0.1, -0.05) is 0 Å². The Morgan fingerprint density at radius 3 is 2.56 bits per heavy atom. The highest BCUT2D eigenvalue weighted by Crippen LogP contribution is 2.24. The van der Waals surface area contributed by atoms with Gasteiger partial charge in [0.2, 0.25) is 0 Å². The van der Waals surface area contributed by atoms with E-state index < -0.39 is 5.97 Å². The lowest BCUT2D eigenvalue weighted by atomic mass is 10.1. The number of carboxylic acids is 1. The first kappa shape index (κ1) is 18.2. The van der Waals surface area contributed by atoms with Crippen molar-refractivity contribution < 1.29 is 25.2 Å². The number of carbonyl (C=O) groups excluding carboxylic acids is 2. The van der Waals surface area contributed by atoms with Gasteiger partial charge in [0.05, 0.1) is 12.1 Å². The summed E-state index contributed by atoms with van der Waals surface area (Å²) < 4.78 is 5.41. The number of carboxylic acid groups (broad SMARTS) is 1. The van der Waals surface area contributed by atoms with Gasteiger partial charge in [-0.3, -0.25) is 4.98 Å². The standard InChI is InChI=1S/C16H15N3O2.C2H4O2/c17-6-3-12-10-19-15-2-1-13(9-14(12)15)21-16(20)11-4-7-18-8-5-11;1-2(3)4/h1-2,4-5,7-10,19H,3,6,17H2;1H3,(H,3,4). The molecule has 0 radical (unpaired) electrons. The van der Waals surface area contributed by atoms with Crippen molar-refractivity contribution in [3.05, 3.63) is 60.0 Å². The number of nitrogens with zero attached hydrogens (tertiary/aromatic N) is 1. The van der Waals surface area contributed by atoms with E-state index in [2.05, 4.69) is 15.7 Å². The van der Waals surface area contributed by atoms with Crippen LogP contribution in [-0.4, -0.2) is 28.5 Å². The van der Waals surface area contributed by atoms with Gasteiger partial charge in [0, 0.05) is 41.9 Å². The Balaban J connectivity index is 0.000000511. The zero-order valence-electron chi connectivity index (χ0n) is 13.8. The van der Waals surface area contributed by atoms with Crippen molar-refractivity contribution in [2.45, 2.75) is 13.3 Å². The maximum absolute atomic E-state index is 12.0. The summed E-state index contributed by atoms with van der Waals surface area (Å²) in [6.07, 6.45) is 6.00. The molecule has 2 aromatic heterocycles. The van der Waals surface area contributed by atoms with E-state index in [-0.39, 0.29) is 5.97 Å². The summed E-state index contributed by atoms with van der Waals surface area (Å²) in [5.41, 5.74) is 6.57. The number of aromatic nitrogens is 2. The largest absolute Gasteiger partial charge is 0.550 e. The SMILES string of the molecule is CC(=O)[O-].[NH3+]CCc1c[nH]c2ccc(OC(=O)c3ccncc3)cc12. The predicted molar refractivity (Wildman–Crippen MR) is 89.6 cm³/mol. The lowest BCUT2D eigenvalue weighted by Crippen LogP contribution is -2.51. The van der Waals surface area contributed by atoms with Gasteiger partial charge in [0.15, 0.2) is 0 Å². The number of rotatable bonds is 4. The second kappa shape index (κ2) is 8.60. The summed E-state index contributed by atoms with van der Waals surface area (Å²) in [6.45, 7) is 1.80. The second-order valence-corrected chi connectivity index (χ2v) is 5.24. The summed E-state index contributed by atoms with van der Waals surface area (Å²) in [4.78, 5) is 28.0. The van der Waals surface area contributed by atoms with Gasteiger partial charge in [0.1, 0.15) is 5.75 Å². The Kier molecular flexibility index (Phi) is 6.25. The van der Waals surface area contributed by atoms with Crippen molar-refractivity contribution in [3.63, 3.8) is 0 Å². The van der Waals surface area contributed by atoms with Crippen LogP contribution in [0.4, 0.5) is 0 Å². The number of aliphatic carboxylic acids is 1. The Labute approximate surface area is 144 Å². The van der Waals surface area contributed by atoms with Crippen LogP contribution in [0.1, 0.15) is 22.8 Å². The Bertz CT molecular complexity index is 855. The maximum Gasteiger partial charge on any atom is 0.343 e. The minimum atomic E-state index is -1.08. The zero-order valence-corrected chi connectivity index (χ0v) is 13.8. The third-order valence-electron chi connectivity index (χ3n) is 3.31. The Hall–Kier alpha value is -3.19. The molecule has 7 nitrogen and oxygen atoms in total. The number of hydrogen-bond acceptors (Lipinski definition) is 5. The molecule has 3 aromatic rings. The fourth-order valence-electron chi connectivity index (χ4n) is 2.27. The monoisotopic (exact) mass is 341 g/mol. The number of pyridine rings is 1. The number of fused-ring (bicyclic) bond motifs is 1. The van der Waals surface area contributed by atoms with Gasteiger partial charge in [-0.2, -0.15) is 0 Å². The van der Waals surface area contributed by atoms with Crippen molar-refractivity contribution in [3.8, 4) is 5.75 Å². The summed E-state index contributed by atoms with van der Waals surface area (Å²) in [5.74, 6) is -0.930. The lowest BCUT2D eigenvalue weighted by Gasteiger charge is -2.05. The Morgan fingerprint density at radius 2 is 1.92 bits per heavy atom. The highest BCUT2D eigenvalue weighted by atomic mass is 16.5. The highest BCUT2D eigenvalue weighted by molar-refractivity contribution is 5.92. The summed E-state index contributed by atoms with van der Waals surface area (Å²) in [6, 6.07) is 8.84. The summed E-state index contributed by atoms with van der Waals surface area (Å²) >= 11 is 0. The van der Waals surface area contributed by atoms with Crippen LogP contribution in [0.2, 0.25) is 0 Å². The first-order valence-corrected chi connectivity index (χ1v) is 7.70. The van der Waals surface area contributed by atoms with Crippen LogP contribution in [0.3, 0.4) is 0 Å². The van der Waals surface area contributed by atoms with Crippen molar-refractivity contribution in [1.82, 2.24) is 9.97 Å². The number of carbonyl (C=O) groups is 2. The number of H-pyrrole nitrogens is 1. The molecule has 3 rings (SSSR count). The van der Waals surface area contributed by atoms with Crippen molar-refractivity contribution in [2.75, 3.05) is 6.54 Å². The van der Waals surface area contributed by atoms with Gasteiger partial charge in [0.25, 0.3) is 0 Å². The molecule has 1 aromatic carbocycles. The molecule has 130 valence electrons. The van der Waals surface area contributed by atoms with E-state index in [1.165, 1.54) is 5.56 Å². The molecule has 0 unspecified atom stereocenters. The third-order valence-corrected chi connectivity index (χ3v) is 3.31. The molecule has 25 heavy (non-hydrogen) atoms. The number of ether oxygens (including phenoxy) is 1. The molecule has 0 saturated heterocycles. The third kappa shape index (κ3) is 5.15. The van der Waals surface area contributed by atoms with Crippen LogP contribution >= 0.6 is 0 Å². The van der Waals surface area contributed by atoms with E-state index in [0.717, 1.165) is 30.8 Å². The van der Waals surface area contributed by atoms with Crippen molar-refractivity contribution in [1.29, 1.82) is 0 Å². The highest BCUT2D eigenvalue weighted by Gasteiger charge is 2.10. The summed E-state index contributed by atoms with van der Waals surface area (Å²) in [7, 11) is 0. The van der Waals surface area contributed by atoms with E-state index in [1.807, 2.05) is 18.3 Å². The average Bonchev–Trinajstić information content (AvgIpc) is 2.98. The molecule has 7 heteroatoms. The van der Waals surface area contributed by atoms with E-state index in [4.69, 9.17) is 14.6 Å². The van der Waals surface area contributed by atoms with E-state index in [9.17, 15) is 4.79 Å². The number of hydrogen-bond donors (Lipinski definition) is 2. The van der Waals surface area contributed by atoms with Crippen LogP contribution in [-0.2, 0) is 11.2 Å². The number of nitrogens with one attached hydrogen (secondary N) is 1. The van der Waals surface area contributed by atoms with Crippen LogP contribution < -0.4 is 15.6 Å². The molecule has 0 amide bonds. The molecule has 2 heterocycles. The molecule has 0 aliphatic rings. The van der Waals surface area contributed by atoms with Crippen molar-refractivity contribution in [2.24, 2.45) is 0 Å². The fraction of sp³-hybridized carbons (Fsp3) is 0.167. The second-order valence-electron chi connectivity index (χ2n) is 5.24. The molecular weight excluding hydrogens is 322 g/mol. The van der Waals surface area contributed by atoms with Gasteiger partial charge >= 0.3 is 5.97 Å². The van der Waals surface area contributed by atoms with Gasteiger partial charge in [-0.15, -0.1) is 0 Å². The molecule has 0 bridgehead atoms.